The predicted molar refractivity (Wildman–Crippen MR) is 119 cm³/mol. The van der Waals surface area contributed by atoms with Crippen molar-refractivity contribution in [1.82, 2.24) is 9.88 Å². The molecule has 2 aliphatic heterocycles. The molecule has 1 aromatic heterocycles. The van der Waals surface area contributed by atoms with Crippen LogP contribution in [0, 0.1) is 0 Å². The van der Waals surface area contributed by atoms with E-state index >= 15 is 0 Å². The van der Waals surface area contributed by atoms with Crippen molar-refractivity contribution in [3.05, 3.63) is 59.3 Å². The van der Waals surface area contributed by atoms with Gasteiger partial charge in [-0.05, 0) is 29.3 Å². The summed E-state index contributed by atoms with van der Waals surface area (Å²) in [4.78, 5) is 30.9. The van der Waals surface area contributed by atoms with Gasteiger partial charge in [0.2, 0.25) is 6.79 Å². The summed E-state index contributed by atoms with van der Waals surface area (Å²) >= 11 is 18.0. The van der Waals surface area contributed by atoms with E-state index in [0.29, 0.717) is 17.1 Å². The third kappa shape index (κ3) is 3.36. The normalized spacial score (nSPS) is 19.7. The quantitative estimate of drug-likeness (QED) is 0.424. The highest BCUT2D eigenvalue weighted by molar-refractivity contribution is 6.76. The second-order valence-electron chi connectivity index (χ2n) is 7.53. The molecule has 5 rings (SSSR count). The SMILES string of the molecule is COC(=O)C1Cc2c([nH]c3ccccc23)C(c2ccc3c(c2)OCO3)N1C(=O)C(Cl)(Cl)Cl. The van der Waals surface area contributed by atoms with E-state index in [1.54, 1.807) is 18.2 Å². The second-order valence-corrected chi connectivity index (χ2v) is 9.81. The number of halogens is 3. The number of alkyl halides is 3. The van der Waals surface area contributed by atoms with Crippen LogP contribution in [0.15, 0.2) is 42.5 Å². The van der Waals surface area contributed by atoms with Crippen LogP contribution in [0.5, 0.6) is 11.5 Å². The Morgan fingerprint density at radius 3 is 2.62 bits per heavy atom. The minimum Gasteiger partial charge on any atom is -0.467 e. The van der Waals surface area contributed by atoms with Gasteiger partial charge in [-0.2, -0.15) is 0 Å². The maximum absolute atomic E-state index is 13.3. The molecule has 0 spiro atoms. The number of nitrogens with one attached hydrogen (secondary N) is 1. The van der Waals surface area contributed by atoms with E-state index in [9.17, 15) is 9.59 Å². The van der Waals surface area contributed by atoms with Crippen molar-refractivity contribution in [2.75, 3.05) is 13.9 Å². The van der Waals surface area contributed by atoms with Crippen molar-refractivity contribution in [2.45, 2.75) is 22.3 Å². The molecule has 0 aliphatic carbocycles. The number of H-pyrrole nitrogens is 1. The van der Waals surface area contributed by atoms with Crippen LogP contribution in [-0.4, -0.2) is 45.5 Å². The van der Waals surface area contributed by atoms with Gasteiger partial charge in [-0.15, -0.1) is 0 Å². The number of esters is 1. The van der Waals surface area contributed by atoms with E-state index in [1.807, 2.05) is 24.3 Å². The number of hydrogen-bond acceptors (Lipinski definition) is 5. The number of fused-ring (bicyclic) bond motifs is 4. The van der Waals surface area contributed by atoms with E-state index in [-0.39, 0.29) is 13.2 Å². The van der Waals surface area contributed by atoms with Crippen LogP contribution in [0.4, 0.5) is 0 Å². The first-order chi connectivity index (χ1) is 15.3. The van der Waals surface area contributed by atoms with Crippen molar-refractivity contribution in [3.8, 4) is 11.5 Å². The summed E-state index contributed by atoms with van der Waals surface area (Å²) in [5.74, 6) is -0.314. The summed E-state index contributed by atoms with van der Waals surface area (Å²) in [6.07, 6.45) is 0.208. The molecule has 0 fully saturated rings. The highest BCUT2D eigenvalue weighted by Crippen LogP contribution is 2.46. The zero-order valence-electron chi connectivity index (χ0n) is 16.7. The van der Waals surface area contributed by atoms with Crippen LogP contribution < -0.4 is 9.47 Å². The first-order valence-corrected chi connectivity index (χ1v) is 10.9. The summed E-state index contributed by atoms with van der Waals surface area (Å²) < 4.78 is 13.7. The molecule has 166 valence electrons. The number of carbonyl (C=O) groups is 2. The van der Waals surface area contributed by atoms with Gasteiger partial charge in [-0.25, -0.2) is 4.79 Å². The fraction of sp³-hybridized carbons (Fsp3) is 0.273. The van der Waals surface area contributed by atoms with Gasteiger partial charge in [-0.3, -0.25) is 4.79 Å². The van der Waals surface area contributed by atoms with Gasteiger partial charge in [0.15, 0.2) is 11.5 Å². The summed E-state index contributed by atoms with van der Waals surface area (Å²) in [7, 11) is 1.26. The van der Waals surface area contributed by atoms with E-state index in [1.165, 1.54) is 12.0 Å². The van der Waals surface area contributed by atoms with E-state index < -0.39 is 27.8 Å². The lowest BCUT2D eigenvalue weighted by molar-refractivity contribution is -0.154. The maximum atomic E-state index is 13.3. The summed E-state index contributed by atoms with van der Waals surface area (Å²) in [6.45, 7) is 0.0999. The monoisotopic (exact) mass is 494 g/mol. The molecule has 3 heterocycles. The van der Waals surface area contributed by atoms with Crippen molar-refractivity contribution in [2.24, 2.45) is 0 Å². The fourth-order valence-corrected chi connectivity index (χ4v) is 4.73. The highest BCUT2D eigenvalue weighted by atomic mass is 35.6. The Morgan fingerprint density at radius 1 is 1.12 bits per heavy atom. The molecular formula is C22H17Cl3N2O5. The smallest absolute Gasteiger partial charge is 0.328 e. The first kappa shape index (κ1) is 21.2. The minimum atomic E-state index is -2.27. The molecule has 10 heteroatoms. The number of para-hydroxylation sites is 1. The molecule has 2 aliphatic rings. The van der Waals surface area contributed by atoms with Crippen LogP contribution >= 0.6 is 34.8 Å². The number of aromatic amines is 1. The number of benzene rings is 2. The molecule has 1 N–H and O–H groups in total. The lowest BCUT2D eigenvalue weighted by Crippen LogP contribution is -2.55. The number of carbonyl (C=O) groups excluding carboxylic acids is 2. The Kier molecular flexibility index (Phi) is 5.15. The Bertz CT molecular complexity index is 1240. The van der Waals surface area contributed by atoms with Gasteiger partial charge in [0, 0.05) is 23.0 Å². The topological polar surface area (TPSA) is 80.9 Å². The van der Waals surface area contributed by atoms with Gasteiger partial charge in [0.05, 0.1) is 13.2 Å². The molecular weight excluding hydrogens is 479 g/mol. The van der Waals surface area contributed by atoms with E-state index in [0.717, 1.165) is 22.2 Å². The van der Waals surface area contributed by atoms with Crippen molar-refractivity contribution >= 4 is 57.6 Å². The first-order valence-electron chi connectivity index (χ1n) is 9.76. The van der Waals surface area contributed by atoms with Gasteiger partial charge in [0.25, 0.3) is 9.70 Å². The number of ether oxygens (including phenoxy) is 3. The van der Waals surface area contributed by atoms with E-state index in [4.69, 9.17) is 49.0 Å². The van der Waals surface area contributed by atoms with E-state index in [2.05, 4.69) is 4.98 Å². The lowest BCUT2D eigenvalue weighted by atomic mass is 9.87. The number of hydrogen-bond donors (Lipinski definition) is 1. The number of methoxy groups -OCH3 is 1. The summed E-state index contributed by atoms with van der Waals surface area (Å²) in [5.41, 5.74) is 3.16. The summed E-state index contributed by atoms with van der Waals surface area (Å²) in [6, 6.07) is 11.3. The highest BCUT2D eigenvalue weighted by Gasteiger charge is 2.49. The van der Waals surface area contributed by atoms with Crippen molar-refractivity contribution < 1.29 is 23.8 Å². The van der Waals surface area contributed by atoms with Crippen LogP contribution in [0.2, 0.25) is 0 Å². The molecule has 2 aromatic carbocycles. The molecule has 2 atom stereocenters. The molecule has 0 saturated heterocycles. The average molecular weight is 496 g/mol. The Labute approximate surface area is 198 Å². The average Bonchev–Trinajstić information content (AvgIpc) is 3.39. The van der Waals surface area contributed by atoms with Crippen LogP contribution in [0.25, 0.3) is 10.9 Å². The predicted octanol–water partition coefficient (Wildman–Crippen LogP) is 4.28. The van der Waals surface area contributed by atoms with Gasteiger partial charge in [-0.1, -0.05) is 59.1 Å². The number of rotatable bonds is 2. The number of amides is 1. The minimum absolute atomic E-state index is 0.0999. The molecule has 2 unspecified atom stereocenters. The molecule has 32 heavy (non-hydrogen) atoms. The number of aromatic nitrogens is 1. The molecule has 7 nitrogen and oxygen atoms in total. The van der Waals surface area contributed by atoms with Crippen molar-refractivity contribution in [3.63, 3.8) is 0 Å². The van der Waals surface area contributed by atoms with Crippen LogP contribution in [0.3, 0.4) is 0 Å². The van der Waals surface area contributed by atoms with Crippen molar-refractivity contribution in [1.29, 1.82) is 0 Å². The Hall–Kier alpha value is -2.61. The third-order valence-corrected chi connectivity index (χ3v) is 6.28. The second kappa shape index (κ2) is 7.76. The molecule has 0 radical (unpaired) electrons. The van der Waals surface area contributed by atoms with Gasteiger partial charge >= 0.3 is 5.97 Å². The largest absolute Gasteiger partial charge is 0.467 e. The van der Waals surface area contributed by atoms with Gasteiger partial charge < -0.3 is 24.1 Å². The van der Waals surface area contributed by atoms with Gasteiger partial charge in [0.1, 0.15) is 6.04 Å². The Morgan fingerprint density at radius 2 is 1.88 bits per heavy atom. The maximum Gasteiger partial charge on any atom is 0.328 e. The molecule has 1 amide bonds. The summed E-state index contributed by atoms with van der Waals surface area (Å²) in [5, 5.41) is 0.947. The molecule has 3 aromatic rings. The van der Waals surface area contributed by atoms with Crippen LogP contribution in [0.1, 0.15) is 22.9 Å². The fourth-order valence-electron chi connectivity index (χ4n) is 4.43. The lowest BCUT2D eigenvalue weighted by Gasteiger charge is -2.42. The third-order valence-electron chi connectivity index (χ3n) is 5.79. The Balaban J connectivity index is 1.77. The molecule has 0 bridgehead atoms. The zero-order chi connectivity index (χ0) is 22.6. The number of nitrogens with zero attached hydrogens (tertiary/aromatic N) is 1. The molecule has 0 saturated carbocycles. The van der Waals surface area contributed by atoms with Crippen LogP contribution in [-0.2, 0) is 20.7 Å². The standard InChI is InChI=1S/C22H17Cl3N2O5/c1-30-20(28)15-9-13-12-4-2-3-5-14(12)26-18(13)19(27(15)21(29)22(23,24)25)11-6-7-16-17(8-11)32-10-31-16/h2-8,15,19,26H,9-10H2,1H3. The zero-order valence-corrected chi connectivity index (χ0v) is 19.0.